The Labute approximate surface area is 236 Å². The molecule has 2 aromatic heterocycles. The van der Waals surface area contributed by atoms with Crippen LogP contribution in [0, 0.1) is 11.3 Å². The number of likely N-dealkylation sites (tertiary alicyclic amines) is 1. The Morgan fingerprint density at radius 1 is 1.17 bits per heavy atom. The van der Waals surface area contributed by atoms with Crippen molar-refractivity contribution in [2.24, 2.45) is 0 Å². The summed E-state index contributed by atoms with van der Waals surface area (Å²) >= 11 is -2.38. The predicted octanol–water partition coefficient (Wildman–Crippen LogP) is 4.24. The topological polar surface area (TPSA) is 122 Å². The fourth-order valence-electron chi connectivity index (χ4n) is 4.77. The van der Waals surface area contributed by atoms with Gasteiger partial charge >= 0.3 is 6.18 Å². The molecule has 1 saturated heterocycles. The van der Waals surface area contributed by atoms with E-state index in [1.165, 1.54) is 35.0 Å². The number of hydrogen-bond donors (Lipinski definition) is 2. The molecular weight excluding hydrogens is 555 g/mol. The van der Waals surface area contributed by atoms with E-state index in [-0.39, 0.29) is 34.2 Å². The Bertz CT molecular complexity index is 1650. The van der Waals surface area contributed by atoms with E-state index in [0.717, 1.165) is 25.2 Å². The minimum atomic E-state index is -4.63. The minimum Gasteiger partial charge on any atom is -0.611 e. The minimum absolute atomic E-state index is 0.0439. The number of pyridine rings is 1. The summed E-state index contributed by atoms with van der Waals surface area (Å²) in [6.45, 7) is 1.79. The Morgan fingerprint density at radius 3 is 2.59 bits per heavy atom. The van der Waals surface area contributed by atoms with Gasteiger partial charge in [-0.3, -0.25) is 9.36 Å². The monoisotopic (exact) mass is 581 g/mol. The highest BCUT2D eigenvalue weighted by molar-refractivity contribution is 7.91. The molecule has 2 atom stereocenters. The zero-order valence-corrected chi connectivity index (χ0v) is 22.8. The van der Waals surface area contributed by atoms with E-state index in [2.05, 4.69) is 32.5 Å². The summed E-state index contributed by atoms with van der Waals surface area (Å²) in [4.78, 5) is 24.2. The van der Waals surface area contributed by atoms with Gasteiger partial charge in [0.1, 0.15) is 17.3 Å². The lowest BCUT2D eigenvalue weighted by Gasteiger charge is -2.17. The molecule has 2 N–H and O–H groups in total. The molecule has 212 valence electrons. The summed E-state index contributed by atoms with van der Waals surface area (Å²) in [6.07, 6.45) is -2.10. The van der Waals surface area contributed by atoms with Crippen LogP contribution in [-0.4, -0.2) is 62.1 Å². The highest BCUT2D eigenvalue weighted by atomic mass is 32.2. The SMILES string of the molecule is CN1CCC(Nc2ccc(Nc3ncc4cc(C#N)c(=O)n(Cc5ccccc5[S+]([O-])CC(F)(F)F)c4n3)cc2)C1. The van der Waals surface area contributed by atoms with Crippen LogP contribution in [0.25, 0.3) is 11.0 Å². The molecule has 2 unspecified atom stereocenters. The van der Waals surface area contributed by atoms with Crippen molar-refractivity contribution in [2.45, 2.75) is 30.1 Å². The average Bonchev–Trinajstić information content (AvgIpc) is 3.35. The van der Waals surface area contributed by atoms with Crippen molar-refractivity contribution in [2.75, 3.05) is 36.5 Å². The lowest BCUT2D eigenvalue weighted by molar-refractivity contribution is -0.106. The van der Waals surface area contributed by atoms with Gasteiger partial charge in [0.25, 0.3) is 5.56 Å². The number of likely N-dealkylation sites (N-methyl/N-ethyl adjacent to an activating group) is 1. The van der Waals surface area contributed by atoms with Crippen molar-refractivity contribution in [3.63, 3.8) is 0 Å². The van der Waals surface area contributed by atoms with Gasteiger partial charge < -0.3 is 20.1 Å². The van der Waals surface area contributed by atoms with Crippen molar-refractivity contribution in [3.8, 4) is 6.07 Å². The quantitative estimate of drug-likeness (QED) is 0.297. The third kappa shape index (κ3) is 6.79. The summed E-state index contributed by atoms with van der Waals surface area (Å²) in [7, 11) is 2.09. The van der Waals surface area contributed by atoms with E-state index in [1.807, 2.05) is 30.3 Å². The lowest BCUT2D eigenvalue weighted by Crippen LogP contribution is -2.27. The van der Waals surface area contributed by atoms with Crippen LogP contribution in [0.1, 0.15) is 17.5 Å². The van der Waals surface area contributed by atoms with Crippen LogP contribution in [-0.2, 0) is 17.7 Å². The van der Waals surface area contributed by atoms with Gasteiger partial charge in [0.05, 0.1) is 6.54 Å². The molecule has 0 saturated carbocycles. The van der Waals surface area contributed by atoms with Gasteiger partial charge in [0.2, 0.25) is 11.7 Å². The molecule has 4 aromatic rings. The first kappa shape index (κ1) is 28.4. The van der Waals surface area contributed by atoms with E-state index in [9.17, 15) is 27.8 Å². The zero-order valence-electron chi connectivity index (χ0n) is 22.0. The van der Waals surface area contributed by atoms with Gasteiger partial charge in [0, 0.05) is 41.1 Å². The first-order valence-corrected chi connectivity index (χ1v) is 14.1. The fraction of sp³-hybridized carbons (Fsp3) is 0.286. The maximum atomic E-state index is 13.2. The second kappa shape index (κ2) is 11.8. The Morgan fingerprint density at radius 2 is 1.90 bits per heavy atom. The average molecular weight is 582 g/mol. The van der Waals surface area contributed by atoms with E-state index < -0.39 is 28.7 Å². The molecule has 0 bridgehead atoms. The second-order valence-corrected chi connectivity index (χ2v) is 11.3. The molecule has 3 heterocycles. The van der Waals surface area contributed by atoms with Gasteiger partial charge in [-0.05, 0) is 67.6 Å². The van der Waals surface area contributed by atoms with Gasteiger partial charge in [-0.2, -0.15) is 23.4 Å². The maximum absolute atomic E-state index is 13.2. The maximum Gasteiger partial charge on any atom is 0.433 e. The highest BCUT2D eigenvalue weighted by Crippen LogP contribution is 2.26. The molecule has 0 spiro atoms. The molecule has 13 heteroatoms. The molecule has 1 fully saturated rings. The van der Waals surface area contributed by atoms with Gasteiger partial charge in [0.15, 0.2) is 4.90 Å². The van der Waals surface area contributed by atoms with E-state index in [4.69, 9.17) is 0 Å². The number of fused-ring (bicyclic) bond motifs is 1. The number of aromatic nitrogens is 3. The molecule has 0 amide bonds. The number of halogens is 3. The zero-order chi connectivity index (χ0) is 29.1. The predicted molar refractivity (Wildman–Crippen MR) is 151 cm³/mol. The Kier molecular flexibility index (Phi) is 8.16. The lowest BCUT2D eigenvalue weighted by atomic mass is 10.2. The number of hydrogen-bond acceptors (Lipinski definition) is 8. The third-order valence-electron chi connectivity index (χ3n) is 6.69. The molecule has 1 aliphatic rings. The normalized spacial score (nSPS) is 16.4. The van der Waals surface area contributed by atoms with Crippen LogP contribution < -0.4 is 16.2 Å². The van der Waals surface area contributed by atoms with E-state index in [0.29, 0.717) is 17.1 Å². The summed E-state index contributed by atoms with van der Waals surface area (Å²) < 4.78 is 52.6. The van der Waals surface area contributed by atoms with Crippen molar-refractivity contribution in [1.29, 1.82) is 5.26 Å². The van der Waals surface area contributed by atoms with Crippen molar-refractivity contribution < 1.29 is 17.7 Å². The summed E-state index contributed by atoms with van der Waals surface area (Å²) in [6, 6.07) is 17.1. The van der Waals surface area contributed by atoms with Crippen LogP contribution in [0.4, 0.5) is 30.5 Å². The number of benzene rings is 2. The first-order valence-electron chi connectivity index (χ1n) is 12.8. The molecule has 0 radical (unpaired) electrons. The van der Waals surface area contributed by atoms with Crippen LogP contribution in [0.5, 0.6) is 0 Å². The first-order chi connectivity index (χ1) is 19.6. The summed E-state index contributed by atoms with van der Waals surface area (Å²) in [5, 5.41) is 16.5. The third-order valence-corrected chi connectivity index (χ3v) is 8.17. The van der Waals surface area contributed by atoms with E-state index in [1.54, 1.807) is 6.07 Å². The van der Waals surface area contributed by atoms with Crippen LogP contribution in [0.3, 0.4) is 0 Å². The smallest absolute Gasteiger partial charge is 0.433 e. The fourth-order valence-corrected chi connectivity index (χ4v) is 5.87. The number of alkyl halides is 3. The largest absolute Gasteiger partial charge is 0.611 e. The molecule has 0 aliphatic carbocycles. The highest BCUT2D eigenvalue weighted by Gasteiger charge is 2.36. The molecule has 9 nitrogen and oxygen atoms in total. The molecule has 5 rings (SSSR count). The number of nitriles is 1. The summed E-state index contributed by atoms with van der Waals surface area (Å²) in [5.74, 6) is -1.33. The van der Waals surface area contributed by atoms with Crippen LogP contribution in [0.15, 0.2) is 70.5 Å². The number of nitrogens with one attached hydrogen (secondary N) is 2. The second-order valence-electron chi connectivity index (χ2n) is 9.84. The Hall–Kier alpha value is -4.12. The van der Waals surface area contributed by atoms with Crippen molar-refractivity contribution in [3.05, 3.63) is 82.3 Å². The Balaban J connectivity index is 1.44. The summed E-state index contributed by atoms with van der Waals surface area (Å²) in [5.41, 5.74) is 1.26. The van der Waals surface area contributed by atoms with Crippen molar-refractivity contribution >= 4 is 39.5 Å². The molecule has 41 heavy (non-hydrogen) atoms. The number of nitrogens with zero attached hydrogens (tertiary/aromatic N) is 5. The number of rotatable bonds is 8. The van der Waals surface area contributed by atoms with Crippen molar-refractivity contribution in [1.82, 2.24) is 19.4 Å². The van der Waals surface area contributed by atoms with Gasteiger partial charge in [-0.1, -0.05) is 18.2 Å². The van der Waals surface area contributed by atoms with Crippen LogP contribution in [0.2, 0.25) is 0 Å². The van der Waals surface area contributed by atoms with Gasteiger partial charge in [-0.25, -0.2) is 4.98 Å². The standard InChI is InChI=1S/C28H26F3N7O2S/c1-37-11-10-23(16-37)34-21-6-8-22(9-7-21)35-27-33-14-20-12-19(13-32)26(39)38(25(20)36-27)15-18-4-2-3-5-24(18)41(40)17-28(29,30)31/h2-9,12,14,23,34H,10-11,15-17H2,1H3,(H,33,35,36). The molecular formula is C28H26F3N7O2S. The van der Waals surface area contributed by atoms with E-state index >= 15 is 0 Å². The molecule has 1 aliphatic heterocycles. The van der Waals surface area contributed by atoms with Gasteiger partial charge in [-0.15, -0.1) is 0 Å². The van der Waals surface area contributed by atoms with Crippen LogP contribution >= 0.6 is 0 Å². The molecule has 2 aromatic carbocycles. The number of anilines is 3.